The van der Waals surface area contributed by atoms with Crippen molar-refractivity contribution >= 4 is 44.5 Å². The van der Waals surface area contributed by atoms with Gasteiger partial charge in [-0.3, -0.25) is 9.78 Å². The second-order valence-electron chi connectivity index (χ2n) is 3.52. The SMILES string of the molecule is CCOC(=O)Cc1ncc(OC(F)(F)F)c(I)c1CBr. The van der Waals surface area contributed by atoms with Gasteiger partial charge in [0.1, 0.15) is 0 Å². The molecule has 0 saturated carbocycles. The van der Waals surface area contributed by atoms with Crippen LogP contribution in [0.3, 0.4) is 0 Å². The van der Waals surface area contributed by atoms with Gasteiger partial charge in [-0.15, -0.1) is 13.2 Å². The Bertz CT molecular complexity index is 497. The molecule has 1 aromatic heterocycles. The van der Waals surface area contributed by atoms with Gasteiger partial charge < -0.3 is 9.47 Å². The Morgan fingerprint density at radius 2 is 2.15 bits per heavy atom. The van der Waals surface area contributed by atoms with E-state index < -0.39 is 12.3 Å². The van der Waals surface area contributed by atoms with Crippen LogP contribution in [0, 0.1) is 3.57 Å². The first-order chi connectivity index (χ1) is 9.28. The first-order valence-electron chi connectivity index (χ1n) is 5.42. The highest BCUT2D eigenvalue weighted by molar-refractivity contribution is 14.1. The Morgan fingerprint density at radius 1 is 1.50 bits per heavy atom. The molecule has 1 aromatic rings. The van der Waals surface area contributed by atoms with Crippen molar-refractivity contribution in [1.29, 1.82) is 0 Å². The lowest BCUT2D eigenvalue weighted by Gasteiger charge is -2.14. The summed E-state index contributed by atoms with van der Waals surface area (Å²) >= 11 is 4.90. The lowest BCUT2D eigenvalue weighted by atomic mass is 10.1. The molecular weight excluding hydrogens is 458 g/mol. The van der Waals surface area contributed by atoms with Crippen LogP contribution in [0.25, 0.3) is 0 Å². The number of carbonyl (C=O) groups excluding carboxylic acids is 1. The summed E-state index contributed by atoms with van der Waals surface area (Å²) in [5, 5.41) is 0.252. The molecule has 112 valence electrons. The topological polar surface area (TPSA) is 48.4 Å². The maximum absolute atomic E-state index is 12.2. The average molecular weight is 468 g/mol. The zero-order valence-corrected chi connectivity index (χ0v) is 14.0. The second-order valence-corrected chi connectivity index (χ2v) is 5.16. The molecule has 1 rings (SSSR count). The van der Waals surface area contributed by atoms with Gasteiger partial charge >= 0.3 is 12.3 Å². The van der Waals surface area contributed by atoms with Gasteiger partial charge in [0.25, 0.3) is 0 Å². The van der Waals surface area contributed by atoms with Crippen LogP contribution in [0.2, 0.25) is 0 Å². The molecule has 0 aliphatic rings. The van der Waals surface area contributed by atoms with E-state index in [1.54, 1.807) is 29.5 Å². The number of aromatic nitrogens is 1. The van der Waals surface area contributed by atoms with Crippen molar-refractivity contribution in [2.24, 2.45) is 0 Å². The molecule has 4 nitrogen and oxygen atoms in total. The molecule has 0 atom stereocenters. The van der Waals surface area contributed by atoms with Crippen LogP contribution in [0.5, 0.6) is 5.75 Å². The van der Waals surface area contributed by atoms with E-state index in [2.05, 4.69) is 25.7 Å². The minimum atomic E-state index is -4.78. The number of ether oxygens (including phenoxy) is 2. The zero-order chi connectivity index (χ0) is 15.3. The number of nitrogens with zero attached hydrogens (tertiary/aromatic N) is 1. The van der Waals surface area contributed by atoms with Gasteiger partial charge in [0.05, 0.1) is 28.5 Å². The molecule has 0 saturated heterocycles. The Kier molecular flexibility index (Phi) is 6.49. The number of halogens is 5. The molecular formula is C11H10BrF3INO3. The molecule has 0 spiro atoms. The Balaban J connectivity index is 3.05. The fourth-order valence-corrected chi connectivity index (χ4v) is 3.26. The van der Waals surface area contributed by atoms with Crippen molar-refractivity contribution < 1.29 is 27.4 Å². The van der Waals surface area contributed by atoms with Gasteiger partial charge in [0, 0.05) is 10.9 Å². The zero-order valence-electron chi connectivity index (χ0n) is 10.3. The summed E-state index contributed by atoms with van der Waals surface area (Å²) in [6.45, 7) is 1.90. The second kappa shape index (κ2) is 7.43. The minimum Gasteiger partial charge on any atom is -0.466 e. The predicted molar refractivity (Wildman–Crippen MR) is 76.6 cm³/mol. The van der Waals surface area contributed by atoms with E-state index in [-0.39, 0.29) is 27.7 Å². The van der Waals surface area contributed by atoms with Gasteiger partial charge in [0.15, 0.2) is 5.75 Å². The predicted octanol–water partition coefficient (Wildman–Crippen LogP) is 3.59. The van der Waals surface area contributed by atoms with Gasteiger partial charge in [-0.25, -0.2) is 0 Å². The summed E-state index contributed by atoms with van der Waals surface area (Å²) in [6.07, 6.45) is -3.93. The summed E-state index contributed by atoms with van der Waals surface area (Å²) in [4.78, 5) is 15.3. The molecule has 1 heterocycles. The Labute approximate surface area is 135 Å². The van der Waals surface area contributed by atoms with Gasteiger partial charge in [-0.2, -0.15) is 0 Å². The number of alkyl halides is 4. The normalized spacial score (nSPS) is 11.3. The third-order valence-corrected chi connectivity index (χ3v) is 3.89. The molecule has 9 heteroatoms. The maximum Gasteiger partial charge on any atom is 0.573 e. The van der Waals surface area contributed by atoms with E-state index in [1.165, 1.54) is 0 Å². The van der Waals surface area contributed by atoms with E-state index in [1.807, 2.05) is 0 Å². The van der Waals surface area contributed by atoms with Gasteiger partial charge in [-0.05, 0) is 29.5 Å². The molecule has 0 radical (unpaired) electrons. The van der Waals surface area contributed by atoms with Crippen molar-refractivity contribution in [2.45, 2.75) is 25.0 Å². The molecule has 20 heavy (non-hydrogen) atoms. The third-order valence-electron chi connectivity index (χ3n) is 2.14. The van der Waals surface area contributed by atoms with Crippen molar-refractivity contribution in [2.75, 3.05) is 6.61 Å². The highest BCUT2D eigenvalue weighted by Gasteiger charge is 2.33. The van der Waals surface area contributed by atoms with E-state index in [0.717, 1.165) is 6.20 Å². The summed E-state index contributed by atoms with van der Waals surface area (Å²) in [5.41, 5.74) is 0.833. The molecule has 0 N–H and O–H groups in total. The van der Waals surface area contributed by atoms with Crippen molar-refractivity contribution in [3.63, 3.8) is 0 Å². The highest BCUT2D eigenvalue weighted by Crippen LogP contribution is 2.31. The fourth-order valence-electron chi connectivity index (χ4n) is 1.38. The summed E-state index contributed by atoms with van der Waals surface area (Å²) in [7, 11) is 0. The van der Waals surface area contributed by atoms with Crippen LogP contribution >= 0.6 is 38.5 Å². The molecule has 0 amide bonds. The van der Waals surface area contributed by atoms with E-state index in [4.69, 9.17) is 4.74 Å². The van der Waals surface area contributed by atoms with Crippen molar-refractivity contribution in [3.05, 3.63) is 21.0 Å². The lowest BCUT2D eigenvalue weighted by molar-refractivity contribution is -0.275. The van der Waals surface area contributed by atoms with Crippen molar-refractivity contribution in [1.82, 2.24) is 4.98 Å². The lowest BCUT2D eigenvalue weighted by Crippen LogP contribution is -2.19. The van der Waals surface area contributed by atoms with Crippen LogP contribution < -0.4 is 4.74 Å². The number of hydrogen-bond donors (Lipinski definition) is 0. The number of hydrogen-bond acceptors (Lipinski definition) is 4. The standard InChI is InChI=1S/C11H10BrF3INO3/c1-2-19-9(18)3-7-6(4-12)10(16)8(5-17-7)20-11(13,14)15/h5H,2-4H2,1H3. The minimum absolute atomic E-state index is 0.100. The number of rotatable bonds is 5. The maximum atomic E-state index is 12.2. The first-order valence-corrected chi connectivity index (χ1v) is 7.62. The molecule has 0 aromatic carbocycles. The van der Waals surface area contributed by atoms with Crippen LogP contribution in [-0.2, 0) is 21.3 Å². The largest absolute Gasteiger partial charge is 0.573 e. The number of carbonyl (C=O) groups is 1. The first kappa shape index (κ1) is 17.5. The van der Waals surface area contributed by atoms with Gasteiger partial charge in [-0.1, -0.05) is 15.9 Å². The van der Waals surface area contributed by atoms with Crippen molar-refractivity contribution in [3.8, 4) is 5.75 Å². The fraction of sp³-hybridized carbons (Fsp3) is 0.455. The molecule has 0 aliphatic carbocycles. The highest BCUT2D eigenvalue weighted by atomic mass is 127. The smallest absolute Gasteiger partial charge is 0.466 e. The number of esters is 1. The Hall–Kier alpha value is -0.580. The average Bonchev–Trinajstić information content (AvgIpc) is 2.32. The Morgan fingerprint density at radius 3 is 2.65 bits per heavy atom. The molecule has 0 fully saturated rings. The van der Waals surface area contributed by atoms with Crippen LogP contribution in [0.1, 0.15) is 18.2 Å². The molecule has 0 bridgehead atoms. The summed E-state index contributed by atoms with van der Waals surface area (Å²) in [5.74, 6) is -0.873. The third kappa shape index (κ3) is 5.08. The van der Waals surface area contributed by atoms with E-state index >= 15 is 0 Å². The summed E-state index contributed by atoms with van der Waals surface area (Å²) in [6, 6.07) is 0. The van der Waals surface area contributed by atoms with E-state index in [0.29, 0.717) is 11.3 Å². The number of pyridine rings is 1. The monoisotopic (exact) mass is 467 g/mol. The molecule has 0 aliphatic heterocycles. The quantitative estimate of drug-likeness (QED) is 0.377. The van der Waals surface area contributed by atoms with Crippen LogP contribution in [0.15, 0.2) is 6.20 Å². The van der Waals surface area contributed by atoms with Crippen LogP contribution in [0.4, 0.5) is 13.2 Å². The van der Waals surface area contributed by atoms with Gasteiger partial charge in [0.2, 0.25) is 0 Å². The molecule has 0 unspecified atom stereocenters. The summed E-state index contributed by atoms with van der Waals surface area (Å²) < 4.78 is 45.6. The van der Waals surface area contributed by atoms with Crippen LogP contribution in [-0.4, -0.2) is 23.9 Å². The van der Waals surface area contributed by atoms with E-state index in [9.17, 15) is 18.0 Å².